The van der Waals surface area contributed by atoms with Gasteiger partial charge in [-0.25, -0.2) is 8.42 Å². The molecule has 42 heavy (non-hydrogen) atoms. The fourth-order valence-electron chi connectivity index (χ4n) is 4.47. The zero-order valence-electron chi connectivity index (χ0n) is 25.2. The molecule has 0 spiro atoms. The van der Waals surface area contributed by atoms with Gasteiger partial charge in [0.05, 0.1) is 26.2 Å². The Hall–Kier alpha value is -4.05. The van der Waals surface area contributed by atoms with E-state index in [1.165, 1.54) is 25.2 Å². The van der Waals surface area contributed by atoms with Gasteiger partial charge in [0.2, 0.25) is 21.8 Å². The Morgan fingerprint density at radius 2 is 1.60 bits per heavy atom. The van der Waals surface area contributed by atoms with Crippen molar-refractivity contribution in [3.05, 3.63) is 89.5 Å². The number of hydrogen-bond acceptors (Lipinski definition) is 6. The molecule has 0 saturated carbocycles. The highest BCUT2D eigenvalue weighted by Crippen LogP contribution is 2.33. The summed E-state index contributed by atoms with van der Waals surface area (Å²) >= 11 is 0. The van der Waals surface area contributed by atoms with Crippen LogP contribution in [0.15, 0.2) is 72.8 Å². The van der Waals surface area contributed by atoms with Crippen LogP contribution in [0.1, 0.15) is 37.0 Å². The van der Waals surface area contributed by atoms with E-state index in [1.54, 1.807) is 12.1 Å². The molecular weight excluding hydrogens is 554 g/mol. The number of nitrogens with one attached hydrogen (secondary N) is 1. The molecule has 2 atom stereocenters. The van der Waals surface area contributed by atoms with Crippen LogP contribution in [0.25, 0.3) is 0 Å². The number of amides is 2. The van der Waals surface area contributed by atoms with Crippen LogP contribution in [0, 0.1) is 6.92 Å². The Morgan fingerprint density at radius 3 is 2.17 bits per heavy atom. The summed E-state index contributed by atoms with van der Waals surface area (Å²) < 4.78 is 37.9. The van der Waals surface area contributed by atoms with Crippen molar-refractivity contribution in [1.82, 2.24) is 10.2 Å². The van der Waals surface area contributed by atoms with Crippen LogP contribution in [-0.2, 0) is 32.6 Å². The van der Waals surface area contributed by atoms with Crippen molar-refractivity contribution in [2.45, 2.75) is 52.2 Å². The number of carbonyl (C=O) groups excluding carboxylic acids is 2. The van der Waals surface area contributed by atoms with E-state index in [1.807, 2.05) is 75.4 Å². The highest BCUT2D eigenvalue weighted by Gasteiger charge is 2.34. The lowest BCUT2D eigenvalue weighted by atomic mass is 10.0. The predicted molar refractivity (Wildman–Crippen MR) is 165 cm³/mol. The van der Waals surface area contributed by atoms with E-state index in [2.05, 4.69) is 5.32 Å². The molecule has 2 amide bonds. The van der Waals surface area contributed by atoms with Crippen LogP contribution in [0.2, 0.25) is 0 Å². The van der Waals surface area contributed by atoms with Gasteiger partial charge in [-0.15, -0.1) is 0 Å². The molecule has 0 aliphatic rings. The van der Waals surface area contributed by atoms with E-state index in [9.17, 15) is 18.0 Å². The van der Waals surface area contributed by atoms with E-state index < -0.39 is 28.5 Å². The molecule has 3 rings (SSSR count). The van der Waals surface area contributed by atoms with Gasteiger partial charge in [-0.2, -0.15) is 0 Å². The topological polar surface area (TPSA) is 105 Å². The molecule has 0 bridgehead atoms. The summed E-state index contributed by atoms with van der Waals surface area (Å²) in [6.07, 6.45) is 2.01. The number of nitrogens with zero attached hydrogens (tertiary/aromatic N) is 2. The summed E-state index contributed by atoms with van der Waals surface area (Å²) in [6, 6.07) is 20.8. The number of rotatable bonds is 14. The lowest BCUT2D eigenvalue weighted by Gasteiger charge is -2.34. The van der Waals surface area contributed by atoms with Gasteiger partial charge in [0, 0.05) is 25.1 Å². The van der Waals surface area contributed by atoms with Crippen molar-refractivity contribution in [2.75, 3.05) is 31.3 Å². The molecule has 0 aliphatic carbocycles. The number of benzene rings is 3. The van der Waals surface area contributed by atoms with Crippen molar-refractivity contribution in [3.8, 4) is 11.5 Å². The summed E-state index contributed by atoms with van der Waals surface area (Å²) in [4.78, 5) is 29.5. The standard InChI is InChI=1S/C32H41N3O6S/c1-7-24(3)33-32(37)29(19-25-11-9-8-10-12-25)34(21-26-15-13-23(2)14-16-26)31(36)22-35(42(6,38)39)28-18-17-27(40-4)20-30(28)41-5/h8-18,20,24,29H,7,19,21-22H2,1-6H3,(H,33,37)/t24-,29+/m1/s1. The molecule has 0 unspecified atom stereocenters. The molecule has 0 aliphatic heterocycles. The SMILES string of the molecule is CC[C@@H](C)NC(=O)[C@H](Cc1ccccc1)N(Cc1ccc(C)cc1)C(=O)CN(c1ccc(OC)cc1OC)S(C)(=O)=O. The van der Waals surface area contributed by atoms with Gasteiger partial charge in [-0.3, -0.25) is 13.9 Å². The second kappa shape index (κ2) is 14.7. The van der Waals surface area contributed by atoms with Gasteiger partial charge in [-0.05, 0) is 43.5 Å². The molecule has 226 valence electrons. The average molecular weight is 596 g/mol. The predicted octanol–water partition coefficient (Wildman–Crippen LogP) is 4.33. The van der Waals surface area contributed by atoms with E-state index in [0.717, 1.165) is 33.7 Å². The minimum Gasteiger partial charge on any atom is -0.497 e. The summed E-state index contributed by atoms with van der Waals surface area (Å²) in [5, 5.41) is 3.03. The number of carbonyl (C=O) groups is 2. The number of sulfonamides is 1. The van der Waals surface area contributed by atoms with Crippen LogP contribution < -0.4 is 19.1 Å². The van der Waals surface area contributed by atoms with Crippen molar-refractivity contribution in [2.24, 2.45) is 0 Å². The van der Waals surface area contributed by atoms with Crippen LogP contribution in [0.3, 0.4) is 0 Å². The second-order valence-electron chi connectivity index (χ2n) is 10.3. The van der Waals surface area contributed by atoms with Gasteiger partial charge < -0.3 is 19.7 Å². The zero-order valence-corrected chi connectivity index (χ0v) is 26.0. The van der Waals surface area contributed by atoms with Crippen molar-refractivity contribution >= 4 is 27.5 Å². The first-order valence-electron chi connectivity index (χ1n) is 13.9. The van der Waals surface area contributed by atoms with Crippen LogP contribution >= 0.6 is 0 Å². The zero-order chi connectivity index (χ0) is 30.9. The van der Waals surface area contributed by atoms with Crippen LogP contribution in [0.5, 0.6) is 11.5 Å². The number of ether oxygens (including phenoxy) is 2. The maximum absolute atomic E-state index is 14.2. The number of methoxy groups -OCH3 is 2. The Morgan fingerprint density at radius 1 is 0.929 bits per heavy atom. The molecular formula is C32H41N3O6S. The minimum atomic E-state index is -3.94. The molecule has 3 aromatic carbocycles. The molecule has 1 N–H and O–H groups in total. The van der Waals surface area contributed by atoms with E-state index in [-0.39, 0.29) is 36.4 Å². The third kappa shape index (κ3) is 8.72. The molecule has 0 radical (unpaired) electrons. The first-order chi connectivity index (χ1) is 20.0. The first-order valence-corrected chi connectivity index (χ1v) is 15.7. The molecule has 3 aromatic rings. The van der Waals surface area contributed by atoms with Crippen molar-refractivity contribution in [3.63, 3.8) is 0 Å². The first kappa shape index (κ1) is 32.5. The third-order valence-electron chi connectivity index (χ3n) is 7.08. The lowest BCUT2D eigenvalue weighted by Crippen LogP contribution is -2.54. The van der Waals surface area contributed by atoms with Gasteiger partial charge in [-0.1, -0.05) is 67.1 Å². The van der Waals surface area contributed by atoms with E-state index in [0.29, 0.717) is 5.75 Å². The fraction of sp³-hybridized carbons (Fsp3) is 0.375. The summed E-state index contributed by atoms with van der Waals surface area (Å²) in [7, 11) is -1.03. The minimum absolute atomic E-state index is 0.108. The number of hydrogen-bond donors (Lipinski definition) is 1. The molecule has 0 aromatic heterocycles. The maximum atomic E-state index is 14.2. The second-order valence-corrected chi connectivity index (χ2v) is 12.2. The molecule has 0 heterocycles. The summed E-state index contributed by atoms with van der Waals surface area (Å²) in [5.74, 6) is -0.130. The molecule has 0 saturated heterocycles. The van der Waals surface area contributed by atoms with Gasteiger partial charge in [0.1, 0.15) is 24.1 Å². The largest absolute Gasteiger partial charge is 0.497 e. The maximum Gasteiger partial charge on any atom is 0.244 e. The van der Waals surface area contributed by atoms with E-state index in [4.69, 9.17) is 9.47 Å². The number of aryl methyl sites for hydroxylation is 1. The highest BCUT2D eigenvalue weighted by molar-refractivity contribution is 7.92. The summed E-state index contributed by atoms with van der Waals surface area (Å²) in [6.45, 7) is 5.43. The number of anilines is 1. The Labute approximate surface area is 249 Å². The highest BCUT2D eigenvalue weighted by atomic mass is 32.2. The third-order valence-corrected chi connectivity index (χ3v) is 8.21. The Bertz CT molecular complexity index is 1440. The molecule has 0 fully saturated rings. The fourth-order valence-corrected chi connectivity index (χ4v) is 5.32. The Kier molecular flexibility index (Phi) is 11.4. The normalized spacial score (nSPS) is 12.6. The van der Waals surface area contributed by atoms with Gasteiger partial charge >= 0.3 is 0 Å². The van der Waals surface area contributed by atoms with Crippen LogP contribution in [0.4, 0.5) is 5.69 Å². The smallest absolute Gasteiger partial charge is 0.244 e. The van der Waals surface area contributed by atoms with E-state index >= 15 is 0 Å². The lowest BCUT2D eigenvalue weighted by molar-refractivity contribution is -0.140. The quantitative estimate of drug-likeness (QED) is 0.298. The average Bonchev–Trinajstić information content (AvgIpc) is 2.98. The van der Waals surface area contributed by atoms with Crippen LogP contribution in [-0.4, -0.2) is 64.2 Å². The van der Waals surface area contributed by atoms with Crippen molar-refractivity contribution in [1.29, 1.82) is 0 Å². The molecule has 10 heteroatoms. The van der Waals surface area contributed by atoms with Gasteiger partial charge in [0.15, 0.2) is 0 Å². The van der Waals surface area contributed by atoms with Crippen molar-refractivity contribution < 1.29 is 27.5 Å². The molecule has 9 nitrogen and oxygen atoms in total. The Balaban J connectivity index is 2.09. The monoisotopic (exact) mass is 595 g/mol. The summed E-state index contributed by atoms with van der Waals surface area (Å²) in [5.41, 5.74) is 2.94. The van der Waals surface area contributed by atoms with Gasteiger partial charge in [0.25, 0.3) is 0 Å².